The third-order valence-electron chi connectivity index (χ3n) is 5.40. The van der Waals surface area contributed by atoms with E-state index in [4.69, 9.17) is 10.5 Å². The molecule has 1 amide bonds. The van der Waals surface area contributed by atoms with E-state index in [0.717, 1.165) is 60.9 Å². The molecule has 3 aromatic rings. The Kier molecular flexibility index (Phi) is 7.58. The van der Waals surface area contributed by atoms with E-state index in [2.05, 4.69) is 20.2 Å². The maximum absolute atomic E-state index is 12.5. The molecule has 0 radical (unpaired) electrons. The Labute approximate surface area is 193 Å². The molecule has 168 valence electrons. The van der Waals surface area contributed by atoms with Gasteiger partial charge in [0.1, 0.15) is 0 Å². The highest BCUT2D eigenvalue weighted by Gasteiger charge is 2.11. The number of hydrogen-bond acceptors (Lipinski definition) is 6. The van der Waals surface area contributed by atoms with Crippen molar-refractivity contribution in [2.45, 2.75) is 6.54 Å². The highest BCUT2D eigenvalue weighted by atomic mass is 16.5. The van der Waals surface area contributed by atoms with Crippen LogP contribution in [0.15, 0.2) is 79.4 Å². The first-order chi connectivity index (χ1) is 16.2. The Morgan fingerprint density at radius 3 is 2.64 bits per heavy atom. The molecule has 1 fully saturated rings. The van der Waals surface area contributed by atoms with Crippen LogP contribution >= 0.6 is 0 Å². The third kappa shape index (κ3) is 6.12. The van der Waals surface area contributed by atoms with Crippen molar-refractivity contribution >= 4 is 23.2 Å². The van der Waals surface area contributed by atoms with Crippen LogP contribution < -0.4 is 11.1 Å². The number of carbonyl (C=O) groups is 1. The monoisotopic (exact) mass is 441 g/mol. The minimum absolute atomic E-state index is 0.221. The zero-order valence-corrected chi connectivity index (χ0v) is 18.4. The van der Waals surface area contributed by atoms with E-state index < -0.39 is 0 Å². The number of pyridine rings is 2. The molecule has 0 unspecified atom stereocenters. The van der Waals surface area contributed by atoms with Crippen LogP contribution in [-0.4, -0.2) is 47.1 Å². The van der Waals surface area contributed by atoms with Crippen molar-refractivity contribution in [3.8, 4) is 0 Å². The molecule has 7 nitrogen and oxygen atoms in total. The Morgan fingerprint density at radius 2 is 1.91 bits per heavy atom. The first-order valence-electron chi connectivity index (χ1n) is 10.9. The number of amides is 1. The van der Waals surface area contributed by atoms with Gasteiger partial charge in [0.25, 0.3) is 0 Å². The van der Waals surface area contributed by atoms with Crippen LogP contribution in [-0.2, 0) is 16.1 Å². The molecule has 2 aromatic heterocycles. The second-order valence-corrected chi connectivity index (χ2v) is 7.67. The summed E-state index contributed by atoms with van der Waals surface area (Å²) in [7, 11) is 0. The van der Waals surface area contributed by atoms with Crippen LogP contribution in [0.5, 0.6) is 0 Å². The van der Waals surface area contributed by atoms with Crippen LogP contribution in [0.4, 0.5) is 5.69 Å². The van der Waals surface area contributed by atoms with E-state index in [1.807, 2.05) is 48.5 Å². The van der Waals surface area contributed by atoms with Gasteiger partial charge in [-0.05, 0) is 47.5 Å². The lowest BCUT2D eigenvalue weighted by atomic mass is 9.99. The van der Waals surface area contributed by atoms with Crippen molar-refractivity contribution in [2.75, 3.05) is 31.6 Å². The van der Waals surface area contributed by atoms with Gasteiger partial charge in [0.2, 0.25) is 5.91 Å². The standard InChI is InChI=1S/C26H27N5O2/c27-17-24(25-3-1-2-11-29-25)23-10-12-28-18-21(23)6-9-26(32)30-22-7-4-20(5-8-22)19-31-13-15-33-16-14-31/h1-12,17-18H,13-16,19,27H2,(H,30,32)/b9-6+,24-17?. The number of benzene rings is 1. The Morgan fingerprint density at radius 1 is 1.09 bits per heavy atom. The van der Waals surface area contributed by atoms with Gasteiger partial charge in [-0.15, -0.1) is 0 Å². The molecular formula is C26H27N5O2. The summed E-state index contributed by atoms with van der Waals surface area (Å²) in [6.07, 6.45) is 9.86. The number of morpholine rings is 1. The van der Waals surface area contributed by atoms with E-state index in [9.17, 15) is 4.79 Å². The smallest absolute Gasteiger partial charge is 0.248 e. The van der Waals surface area contributed by atoms with Crippen molar-refractivity contribution in [1.82, 2.24) is 14.9 Å². The fourth-order valence-corrected chi connectivity index (χ4v) is 3.68. The molecule has 1 aliphatic rings. The van der Waals surface area contributed by atoms with E-state index in [-0.39, 0.29) is 5.91 Å². The van der Waals surface area contributed by atoms with Crippen LogP contribution in [0.2, 0.25) is 0 Å². The molecule has 1 aromatic carbocycles. The maximum atomic E-state index is 12.5. The summed E-state index contributed by atoms with van der Waals surface area (Å²) in [5.74, 6) is -0.221. The molecule has 1 aliphatic heterocycles. The SMILES string of the molecule is NC=C(c1ccccn1)c1ccncc1/C=C/C(=O)Nc1ccc(CN2CCOCC2)cc1. The summed E-state index contributed by atoms with van der Waals surface area (Å²) in [6, 6.07) is 15.4. The summed E-state index contributed by atoms with van der Waals surface area (Å²) >= 11 is 0. The van der Waals surface area contributed by atoms with Gasteiger partial charge >= 0.3 is 0 Å². The second-order valence-electron chi connectivity index (χ2n) is 7.67. The minimum Gasteiger partial charge on any atom is -0.404 e. The fourth-order valence-electron chi connectivity index (χ4n) is 3.68. The lowest BCUT2D eigenvalue weighted by Crippen LogP contribution is -2.35. The number of anilines is 1. The molecule has 0 saturated carbocycles. The van der Waals surface area contributed by atoms with Crippen molar-refractivity contribution in [2.24, 2.45) is 5.73 Å². The van der Waals surface area contributed by atoms with Crippen LogP contribution in [0.25, 0.3) is 11.6 Å². The summed E-state index contributed by atoms with van der Waals surface area (Å²) in [5.41, 5.74) is 11.0. The topological polar surface area (TPSA) is 93.4 Å². The number of carbonyl (C=O) groups excluding carboxylic acids is 1. The van der Waals surface area contributed by atoms with Crippen LogP contribution in [0, 0.1) is 0 Å². The first-order valence-corrected chi connectivity index (χ1v) is 10.9. The van der Waals surface area contributed by atoms with Gasteiger partial charge in [-0.1, -0.05) is 18.2 Å². The number of nitrogens with one attached hydrogen (secondary N) is 1. The van der Waals surface area contributed by atoms with Crippen LogP contribution in [0.3, 0.4) is 0 Å². The molecule has 7 heteroatoms. The predicted molar refractivity (Wildman–Crippen MR) is 130 cm³/mol. The van der Waals surface area contributed by atoms with Crippen LogP contribution in [0.1, 0.15) is 22.4 Å². The molecular weight excluding hydrogens is 414 g/mol. The average Bonchev–Trinajstić information content (AvgIpc) is 2.86. The molecule has 4 rings (SSSR count). The lowest BCUT2D eigenvalue weighted by molar-refractivity contribution is -0.111. The van der Waals surface area contributed by atoms with Crippen molar-refractivity contribution in [3.63, 3.8) is 0 Å². The zero-order valence-electron chi connectivity index (χ0n) is 18.4. The summed E-state index contributed by atoms with van der Waals surface area (Å²) in [4.78, 5) is 23.5. The van der Waals surface area contributed by atoms with Gasteiger partial charge in [-0.2, -0.15) is 0 Å². The van der Waals surface area contributed by atoms with Gasteiger partial charge in [-0.25, -0.2) is 0 Å². The Hall–Kier alpha value is -3.81. The highest BCUT2D eigenvalue weighted by Crippen LogP contribution is 2.24. The molecule has 0 aliphatic carbocycles. The summed E-state index contributed by atoms with van der Waals surface area (Å²) < 4.78 is 5.39. The Balaban J connectivity index is 1.41. The van der Waals surface area contributed by atoms with Gasteiger partial charge < -0.3 is 15.8 Å². The number of nitrogens with two attached hydrogens (primary N) is 1. The van der Waals surface area contributed by atoms with E-state index >= 15 is 0 Å². The van der Waals surface area contributed by atoms with Gasteiger partial charge in [0.15, 0.2) is 0 Å². The highest BCUT2D eigenvalue weighted by molar-refractivity contribution is 6.02. The molecule has 33 heavy (non-hydrogen) atoms. The normalized spacial score (nSPS) is 15.0. The quantitative estimate of drug-likeness (QED) is 0.547. The zero-order chi connectivity index (χ0) is 22.9. The van der Waals surface area contributed by atoms with Crippen molar-refractivity contribution in [3.05, 3.63) is 102 Å². The number of hydrogen-bond donors (Lipinski definition) is 2. The molecule has 3 heterocycles. The number of ether oxygens (including phenoxy) is 1. The Bertz CT molecular complexity index is 1120. The number of nitrogens with zero attached hydrogens (tertiary/aromatic N) is 3. The third-order valence-corrected chi connectivity index (χ3v) is 5.40. The predicted octanol–water partition coefficient (Wildman–Crippen LogP) is 3.31. The summed E-state index contributed by atoms with van der Waals surface area (Å²) in [5, 5.41) is 2.91. The molecule has 0 bridgehead atoms. The van der Waals surface area contributed by atoms with Gasteiger partial charge in [0.05, 0.1) is 18.9 Å². The molecule has 0 atom stereocenters. The first kappa shape index (κ1) is 22.4. The number of aromatic nitrogens is 2. The summed E-state index contributed by atoms with van der Waals surface area (Å²) in [6.45, 7) is 4.34. The van der Waals surface area contributed by atoms with Crippen molar-refractivity contribution < 1.29 is 9.53 Å². The number of rotatable bonds is 7. The van der Waals surface area contributed by atoms with Gasteiger partial charge in [0, 0.05) is 67.3 Å². The van der Waals surface area contributed by atoms with Gasteiger partial charge in [-0.3, -0.25) is 19.7 Å². The van der Waals surface area contributed by atoms with Crippen molar-refractivity contribution in [1.29, 1.82) is 0 Å². The molecule has 3 N–H and O–H groups in total. The largest absolute Gasteiger partial charge is 0.404 e. The van der Waals surface area contributed by atoms with E-state index in [0.29, 0.717) is 0 Å². The van der Waals surface area contributed by atoms with E-state index in [1.54, 1.807) is 24.7 Å². The van der Waals surface area contributed by atoms with E-state index in [1.165, 1.54) is 17.8 Å². The second kappa shape index (κ2) is 11.2. The fraction of sp³-hybridized carbons (Fsp3) is 0.192. The molecule has 1 saturated heterocycles. The average molecular weight is 442 g/mol. The lowest BCUT2D eigenvalue weighted by Gasteiger charge is -2.26. The molecule has 0 spiro atoms. The maximum Gasteiger partial charge on any atom is 0.248 e. The minimum atomic E-state index is -0.221.